The third-order valence-electron chi connectivity index (χ3n) is 2.45. The standard InChI is InChI=1S/C12H16ClNO2/c1-3-9(14)7-11(15)8-4-5-10(13)12(6-8)16-2/h4-6,9H,3,7,14H2,1-2H3. The van der Waals surface area contributed by atoms with E-state index in [4.69, 9.17) is 22.1 Å². The molecule has 0 fully saturated rings. The number of rotatable bonds is 5. The molecule has 0 saturated carbocycles. The van der Waals surface area contributed by atoms with Gasteiger partial charge in [-0.05, 0) is 24.6 Å². The van der Waals surface area contributed by atoms with Crippen LogP contribution >= 0.6 is 11.6 Å². The Labute approximate surface area is 101 Å². The van der Waals surface area contributed by atoms with Gasteiger partial charge in [-0.25, -0.2) is 0 Å². The second kappa shape index (κ2) is 5.87. The molecule has 1 atom stereocenters. The third-order valence-corrected chi connectivity index (χ3v) is 2.76. The number of methoxy groups -OCH3 is 1. The van der Waals surface area contributed by atoms with Gasteiger partial charge in [-0.3, -0.25) is 4.79 Å². The van der Waals surface area contributed by atoms with Crippen LogP contribution in [0.25, 0.3) is 0 Å². The predicted molar refractivity (Wildman–Crippen MR) is 65.2 cm³/mol. The third kappa shape index (κ3) is 3.22. The molecule has 0 aliphatic rings. The zero-order chi connectivity index (χ0) is 12.1. The van der Waals surface area contributed by atoms with Gasteiger partial charge >= 0.3 is 0 Å². The first-order chi connectivity index (χ1) is 7.58. The molecule has 4 heteroatoms. The molecule has 1 rings (SSSR count). The van der Waals surface area contributed by atoms with Crippen LogP contribution in [0.3, 0.4) is 0 Å². The molecule has 0 aliphatic carbocycles. The summed E-state index contributed by atoms with van der Waals surface area (Å²) in [5.41, 5.74) is 6.32. The van der Waals surface area contributed by atoms with Gasteiger partial charge in [-0.15, -0.1) is 0 Å². The van der Waals surface area contributed by atoms with Gasteiger partial charge in [0, 0.05) is 18.0 Å². The summed E-state index contributed by atoms with van der Waals surface area (Å²) in [6.07, 6.45) is 1.14. The van der Waals surface area contributed by atoms with E-state index in [-0.39, 0.29) is 11.8 Å². The molecule has 0 bridgehead atoms. The Bertz CT molecular complexity index is 379. The summed E-state index contributed by atoms with van der Waals surface area (Å²) in [6, 6.07) is 4.91. The van der Waals surface area contributed by atoms with E-state index in [9.17, 15) is 4.79 Å². The Morgan fingerprint density at radius 1 is 1.56 bits per heavy atom. The lowest BCUT2D eigenvalue weighted by molar-refractivity contribution is 0.0973. The second-order valence-corrected chi connectivity index (χ2v) is 4.05. The van der Waals surface area contributed by atoms with Gasteiger partial charge in [0.15, 0.2) is 5.78 Å². The van der Waals surface area contributed by atoms with Crippen LogP contribution in [0.2, 0.25) is 5.02 Å². The largest absolute Gasteiger partial charge is 0.495 e. The molecule has 0 aliphatic heterocycles. The van der Waals surface area contributed by atoms with E-state index < -0.39 is 0 Å². The lowest BCUT2D eigenvalue weighted by Crippen LogP contribution is -2.22. The van der Waals surface area contributed by atoms with E-state index >= 15 is 0 Å². The van der Waals surface area contributed by atoms with Crippen LogP contribution in [-0.2, 0) is 0 Å². The van der Waals surface area contributed by atoms with E-state index in [0.29, 0.717) is 22.8 Å². The number of hydrogen-bond acceptors (Lipinski definition) is 3. The van der Waals surface area contributed by atoms with Crippen LogP contribution < -0.4 is 10.5 Å². The van der Waals surface area contributed by atoms with Crippen molar-refractivity contribution in [3.63, 3.8) is 0 Å². The maximum atomic E-state index is 11.8. The number of ketones is 1. The summed E-state index contributed by atoms with van der Waals surface area (Å²) in [5, 5.41) is 0.499. The van der Waals surface area contributed by atoms with Crippen molar-refractivity contribution in [3.05, 3.63) is 28.8 Å². The number of benzene rings is 1. The maximum absolute atomic E-state index is 11.8. The summed E-state index contributed by atoms with van der Waals surface area (Å²) in [6.45, 7) is 1.96. The van der Waals surface area contributed by atoms with Crippen LogP contribution in [0.1, 0.15) is 30.1 Å². The number of hydrogen-bond donors (Lipinski definition) is 1. The fraction of sp³-hybridized carbons (Fsp3) is 0.417. The monoisotopic (exact) mass is 241 g/mol. The molecule has 1 aromatic carbocycles. The predicted octanol–water partition coefficient (Wildman–Crippen LogP) is 2.66. The summed E-state index contributed by atoms with van der Waals surface area (Å²) in [5.74, 6) is 0.530. The normalized spacial score (nSPS) is 12.2. The highest BCUT2D eigenvalue weighted by Gasteiger charge is 2.12. The molecule has 0 heterocycles. The zero-order valence-electron chi connectivity index (χ0n) is 9.50. The SMILES string of the molecule is CCC(N)CC(=O)c1ccc(Cl)c(OC)c1. The molecular formula is C12H16ClNO2. The maximum Gasteiger partial charge on any atom is 0.164 e. The first-order valence-electron chi connectivity index (χ1n) is 5.20. The number of Topliss-reactive ketones (excluding diaryl/α,β-unsaturated/α-hetero) is 1. The van der Waals surface area contributed by atoms with Crippen molar-refractivity contribution >= 4 is 17.4 Å². The van der Waals surface area contributed by atoms with E-state index in [1.165, 1.54) is 7.11 Å². The summed E-state index contributed by atoms with van der Waals surface area (Å²) in [7, 11) is 1.52. The minimum Gasteiger partial charge on any atom is -0.495 e. The number of nitrogens with two attached hydrogens (primary N) is 1. The highest BCUT2D eigenvalue weighted by atomic mass is 35.5. The summed E-state index contributed by atoms with van der Waals surface area (Å²) >= 11 is 5.87. The minimum atomic E-state index is -0.0887. The lowest BCUT2D eigenvalue weighted by Gasteiger charge is -2.09. The van der Waals surface area contributed by atoms with Crippen molar-refractivity contribution in [3.8, 4) is 5.75 Å². The van der Waals surface area contributed by atoms with Crippen molar-refractivity contribution < 1.29 is 9.53 Å². The summed E-state index contributed by atoms with van der Waals surface area (Å²) in [4.78, 5) is 11.8. The fourth-order valence-electron chi connectivity index (χ4n) is 1.33. The van der Waals surface area contributed by atoms with Gasteiger partial charge in [0.2, 0.25) is 0 Å². The van der Waals surface area contributed by atoms with Gasteiger partial charge in [0.05, 0.1) is 12.1 Å². The molecule has 0 radical (unpaired) electrons. The van der Waals surface area contributed by atoms with Gasteiger partial charge in [0.25, 0.3) is 0 Å². The molecule has 2 N–H and O–H groups in total. The van der Waals surface area contributed by atoms with E-state index in [1.54, 1.807) is 18.2 Å². The van der Waals surface area contributed by atoms with Crippen LogP contribution in [0.15, 0.2) is 18.2 Å². The molecule has 0 spiro atoms. The summed E-state index contributed by atoms with van der Waals surface area (Å²) < 4.78 is 5.05. The van der Waals surface area contributed by atoms with E-state index in [0.717, 1.165) is 6.42 Å². The van der Waals surface area contributed by atoms with Crippen molar-refractivity contribution in [1.82, 2.24) is 0 Å². The number of carbonyl (C=O) groups excluding carboxylic acids is 1. The minimum absolute atomic E-state index is 0.0179. The number of carbonyl (C=O) groups is 1. The average molecular weight is 242 g/mol. The highest BCUT2D eigenvalue weighted by Crippen LogP contribution is 2.25. The Hall–Kier alpha value is -1.06. The molecule has 0 amide bonds. The van der Waals surface area contributed by atoms with E-state index in [2.05, 4.69) is 0 Å². The topological polar surface area (TPSA) is 52.3 Å². The number of ether oxygens (including phenoxy) is 1. The lowest BCUT2D eigenvalue weighted by atomic mass is 10.0. The first kappa shape index (κ1) is 13.0. The molecule has 16 heavy (non-hydrogen) atoms. The van der Waals surface area contributed by atoms with Crippen molar-refractivity contribution in [1.29, 1.82) is 0 Å². The van der Waals surface area contributed by atoms with Crippen LogP contribution in [0.4, 0.5) is 0 Å². The molecule has 1 aromatic rings. The smallest absolute Gasteiger partial charge is 0.164 e. The molecule has 88 valence electrons. The Kier molecular flexibility index (Phi) is 4.77. The van der Waals surface area contributed by atoms with Crippen LogP contribution in [0, 0.1) is 0 Å². The van der Waals surface area contributed by atoms with Crippen molar-refractivity contribution in [2.24, 2.45) is 5.73 Å². The quantitative estimate of drug-likeness (QED) is 0.807. The van der Waals surface area contributed by atoms with Crippen molar-refractivity contribution in [2.45, 2.75) is 25.8 Å². The molecule has 1 unspecified atom stereocenters. The first-order valence-corrected chi connectivity index (χ1v) is 5.58. The highest BCUT2D eigenvalue weighted by molar-refractivity contribution is 6.32. The van der Waals surface area contributed by atoms with Gasteiger partial charge < -0.3 is 10.5 Å². The van der Waals surface area contributed by atoms with Gasteiger partial charge in [-0.2, -0.15) is 0 Å². The molecular weight excluding hydrogens is 226 g/mol. The van der Waals surface area contributed by atoms with Gasteiger partial charge in [0.1, 0.15) is 5.75 Å². The van der Waals surface area contributed by atoms with Crippen molar-refractivity contribution in [2.75, 3.05) is 7.11 Å². The Morgan fingerprint density at radius 3 is 2.81 bits per heavy atom. The Balaban J connectivity index is 2.84. The second-order valence-electron chi connectivity index (χ2n) is 3.64. The van der Waals surface area contributed by atoms with Crippen LogP contribution in [0.5, 0.6) is 5.75 Å². The van der Waals surface area contributed by atoms with Gasteiger partial charge in [-0.1, -0.05) is 18.5 Å². The number of halogens is 1. The zero-order valence-corrected chi connectivity index (χ0v) is 10.3. The van der Waals surface area contributed by atoms with Crippen LogP contribution in [-0.4, -0.2) is 18.9 Å². The Morgan fingerprint density at radius 2 is 2.25 bits per heavy atom. The molecule has 0 saturated heterocycles. The molecule has 0 aromatic heterocycles. The van der Waals surface area contributed by atoms with E-state index in [1.807, 2.05) is 6.92 Å². The average Bonchev–Trinajstić information content (AvgIpc) is 2.29. The fourth-order valence-corrected chi connectivity index (χ4v) is 1.53. The molecule has 3 nitrogen and oxygen atoms in total.